The quantitative estimate of drug-likeness (QED) is 0.242. The van der Waals surface area contributed by atoms with Gasteiger partial charge in [-0.25, -0.2) is 0 Å². The molecule has 146 valence electrons. The van der Waals surface area contributed by atoms with Crippen molar-refractivity contribution in [3.8, 4) is 0 Å². The van der Waals surface area contributed by atoms with Gasteiger partial charge in [0.25, 0.3) is 0 Å². The molecule has 0 amide bonds. The number of nitrogens with zero attached hydrogens (tertiary/aromatic N) is 1. The van der Waals surface area contributed by atoms with E-state index in [-0.39, 0.29) is 0 Å². The van der Waals surface area contributed by atoms with Crippen LogP contribution in [-0.4, -0.2) is 46.4 Å². The standard InChI is InChI=1S/C19H43NO3Si/c1-6-11-14-17-21-24(20(9-4)10-5,22-18-15-12-7-2)23-19-16-13-8-3/h6-19H2,1-5H3. The molecule has 0 bridgehead atoms. The first-order chi connectivity index (χ1) is 11.7. The molecule has 0 atom stereocenters. The van der Waals surface area contributed by atoms with E-state index in [9.17, 15) is 0 Å². The molecule has 4 nitrogen and oxygen atoms in total. The van der Waals surface area contributed by atoms with Gasteiger partial charge in [-0.3, -0.25) is 4.57 Å². The first-order valence-electron chi connectivity index (χ1n) is 10.4. The molecule has 0 aliphatic carbocycles. The molecule has 0 unspecified atom stereocenters. The molecule has 0 heterocycles. The summed E-state index contributed by atoms with van der Waals surface area (Å²) in [5.41, 5.74) is 0. The van der Waals surface area contributed by atoms with Gasteiger partial charge >= 0.3 is 8.97 Å². The van der Waals surface area contributed by atoms with Gasteiger partial charge in [-0.2, -0.15) is 0 Å². The van der Waals surface area contributed by atoms with Crippen LogP contribution in [0.3, 0.4) is 0 Å². The van der Waals surface area contributed by atoms with Crippen molar-refractivity contribution in [2.24, 2.45) is 0 Å². The number of hydrogen-bond acceptors (Lipinski definition) is 4. The normalized spacial score (nSPS) is 12.2. The first kappa shape index (κ1) is 24.1. The highest BCUT2D eigenvalue weighted by molar-refractivity contribution is 6.57. The molecule has 0 N–H and O–H groups in total. The maximum atomic E-state index is 6.36. The Morgan fingerprint density at radius 3 is 1.12 bits per heavy atom. The highest BCUT2D eigenvalue weighted by Gasteiger charge is 2.47. The molecule has 0 aliphatic rings. The van der Waals surface area contributed by atoms with Crippen molar-refractivity contribution in [1.82, 2.24) is 4.57 Å². The summed E-state index contributed by atoms with van der Waals surface area (Å²) in [6.45, 7) is 15.1. The summed E-state index contributed by atoms with van der Waals surface area (Å²) in [6, 6.07) is 0. The van der Waals surface area contributed by atoms with E-state index < -0.39 is 8.97 Å². The van der Waals surface area contributed by atoms with E-state index in [1.807, 2.05) is 0 Å². The Labute approximate surface area is 152 Å². The van der Waals surface area contributed by atoms with Gasteiger partial charge in [-0.1, -0.05) is 73.1 Å². The Balaban J connectivity index is 4.85. The van der Waals surface area contributed by atoms with Crippen molar-refractivity contribution in [3.63, 3.8) is 0 Å². The lowest BCUT2D eigenvalue weighted by atomic mass is 10.3. The minimum Gasteiger partial charge on any atom is -0.361 e. The van der Waals surface area contributed by atoms with E-state index >= 15 is 0 Å². The largest absolute Gasteiger partial charge is 0.599 e. The summed E-state index contributed by atoms with van der Waals surface area (Å²) in [5, 5.41) is 0. The van der Waals surface area contributed by atoms with E-state index in [2.05, 4.69) is 39.2 Å². The molecular weight excluding hydrogens is 318 g/mol. The molecule has 0 rings (SSSR count). The SMILES string of the molecule is CCCCCO[Si](OCCCCC)(OCCCCC)N(CC)CC. The van der Waals surface area contributed by atoms with Gasteiger partial charge in [-0.15, -0.1) is 0 Å². The average Bonchev–Trinajstić information content (AvgIpc) is 2.60. The van der Waals surface area contributed by atoms with E-state index in [0.29, 0.717) is 0 Å². The second-order valence-corrected chi connectivity index (χ2v) is 8.91. The van der Waals surface area contributed by atoms with E-state index in [0.717, 1.165) is 52.2 Å². The van der Waals surface area contributed by atoms with Crippen LogP contribution in [0.15, 0.2) is 0 Å². The Morgan fingerprint density at radius 2 is 0.875 bits per heavy atom. The molecule has 5 heteroatoms. The van der Waals surface area contributed by atoms with Crippen LogP contribution in [-0.2, 0) is 13.3 Å². The molecule has 24 heavy (non-hydrogen) atoms. The van der Waals surface area contributed by atoms with E-state index in [1.165, 1.54) is 38.5 Å². The molecule has 0 saturated heterocycles. The molecule has 0 saturated carbocycles. The fraction of sp³-hybridized carbons (Fsp3) is 1.00. The third-order valence-electron chi connectivity index (χ3n) is 4.25. The second-order valence-electron chi connectivity index (χ2n) is 6.36. The molecule has 0 aromatic rings. The van der Waals surface area contributed by atoms with Crippen LogP contribution in [0.4, 0.5) is 0 Å². The van der Waals surface area contributed by atoms with Crippen LogP contribution in [0, 0.1) is 0 Å². The van der Waals surface area contributed by atoms with E-state index in [4.69, 9.17) is 13.3 Å². The lowest BCUT2D eigenvalue weighted by Gasteiger charge is -2.37. The van der Waals surface area contributed by atoms with Gasteiger partial charge in [0, 0.05) is 19.8 Å². The zero-order valence-electron chi connectivity index (χ0n) is 17.1. The molecule has 0 aromatic carbocycles. The zero-order valence-corrected chi connectivity index (χ0v) is 18.1. The molecular formula is C19H43NO3Si. The van der Waals surface area contributed by atoms with Gasteiger partial charge in [0.2, 0.25) is 0 Å². The van der Waals surface area contributed by atoms with Gasteiger partial charge in [-0.05, 0) is 32.4 Å². The maximum absolute atomic E-state index is 6.36. The maximum Gasteiger partial charge on any atom is 0.599 e. The predicted octanol–water partition coefficient (Wildman–Crippen LogP) is 5.38. The minimum atomic E-state index is -2.74. The summed E-state index contributed by atoms with van der Waals surface area (Å²) in [4.78, 5) is 0. The third-order valence-corrected chi connectivity index (χ3v) is 7.36. The van der Waals surface area contributed by atoms with Crippen LogP contribution in [0.1, 0.15) is 92.4 Å². The van der Waals surface area contributed by atoms with Crippen molar-refractivity contribution in [2.45, 2.75) is 92.4 Å². The Kier molecular flexibility index (Phi) is 16.6. The fourth-order valence-electron chi connectivity index (χ4n) is 2.67. The molecule has 0 aliphatic heterocycles. The summed E-state index contributed by atoms with van der Waals surface area (Å²) < 4.78 is 21.4. The summed E-state index contributed by atoms with van der Waals surface area (Å²) in [6.07, 6.45) is 10.5. The minimum absolute atomic E-state index is 0.748. The van der Waals surface area contributed by atoms with Crippen LogP contribution in [0.2, 0.25) is 0 Å². The van der Waals surface area contributed by atoms with Gasteiger partial charge in [0.1, 0.15) is 0 Å². The summed E-state index contributed by atoms with van der Waals surface area (Å²) in [7, 11) is -2.74. The summed E-state index contributed by atoms with van der Waals surface area (Å²) >= 11 is 0. The van der Waals surface area contributed by atoms with Crippen LogP contribution in [0.5, 0.6) is 0 Å². The van der Waals surface area contributed by atoms with Crippen molar-refractivity contribution in [2.75, 3.05) is 32.9 Å². The van der Waals surface area contributed by atoms with Crippen molar-refractivity contribution < 1.29 is 13.3 Å². The number of unbranched alkanes of at least 4 members (excludes halogenated alkanes) is 6. The van der Waals surface area contributed by atoms with Crippen molar-refractivity contribution >= 4 is 8.97 Å². The second kappa shape index (κ2) is 16.5. The van der Waals surface area contributed by atoms with Gasteiger partial charge < -0.3 is 13.3 Å². The number of rotatable bonds is 18. The Morgan fingerprint density at radius 1 is 0.542 bits per heavy atom. The van der Waals surface area contributed by atoms with E-state index in [1.54, 1.807) is 0 Å². The van der Waals surface area contributed by atoms with Crippen LogP contribution < -0.4 is 0 Å². The van der Waals surface area contributed by atoms with Crippen LogP contribution in [0.25, 0.3) is 0 Å². The average molecular weight is 362 g/mol. The monoisotopic (exact) mass is 361 g/mol. The highest BCUT2D eigenvalue weighted by Crippen LogP contribution is 2.19. The molecule has 0 spiro atoms. The van der Waals surface area contributed by atoms with Crippen molar-refractivity contribution in [3.05, 3.63) is 0 Å². The number of hydrogen-bond donors (Lipinski definition) is 0. The smallest absolute Gasteiger partial charge is 0.361 e. The molecule has 0 radical (unpaired) electrons. The lowest BCUT2D eigenvalue weighted by Crippen LogP contribution is -2.61. The topological polar surface area (TPSA) is 30.9 Å². The van der Waals surface area contributed by atoms with Crippen molar-refractivity contribution in [1.29, 1.82) is 0 Å². The molecule has 0 fully saturated rings. The lowest BCUT2D eigenvalue weighted by molar-refractivity contribution is 0.00726. The Hall–Kier alpha value is 0.0569. The fourth-order valence-corrected chi connectivity index (χ4v) is 5.45. The first-order valence-corrected chi connectivity index (χ1v) is 12.0. The Bertz CT molecular complexity index is 232. The van der Waals surface area contributed by atoms with Gasteiger partial charge in [0.05, 0.1) is 0 Å². The predicted molar refractivity (Wildman–Crippen MR) is 105 cm³/mol. The van der Waals surface area contributed by atoms with Crippen LogP contribution >= 0.6 is 0 Å². The summed E-state index contributed by atoms with van der Waals surface area (Å²) in [5.74, 6) is 0. The third kappa shape index (κ3) is 10.1. The van der Waals surface area contributed by atoms with Gasteiger partial charge in [0.15, 0.2) is 0 Å². The zero-order chi connectivity index (χ0) is 18.1. The highest BCUT2D eigenvalue weighted by atomic mass is 28.4. The molecule has 0 aromatic heterocycles.